The van der Waals surface area contributed by atoms with Crippen LogP contribution in [0.2, 0.25) is 0 Å². The van der Waals surface area contributed by atoms with Crippen LogP contribution in [-0.2, 0) is 19.9 Å². The molecule has 2 aromatic heterocycles. The minimum absolute atomic E-state index is 0.0302. The smallest absolute Gasteiger partial charge is 0.267 e. The summed E-state index contributed by atoms with van der Waals surface area (Å²) in [6, 6.07) is 7.27. The normalized spacial score (nSPS) is 22.4. The number of piperazine rings is 1. The van der Waals surface area contributed by atoms with Gasteiger partial charge in [0, 0.05) is 61.9 Å². The Bertz CT molecular complexity index is 2210. The molecule has 2 aliphatic heterocycles. The van der Waals surface area contributed by atoms with Crippen LogP contribution in [0.15, 0.2) is 53.6 Å². The molecule has 2 aromatic carbocycles. The van der Waals surface area contributed by atoms with Crippen LogP contribution in [0.4, 0.5) is 38.7 Å². The molecular weight excluding hydrogens is 762 g/mol. The molecule has 0 unspecified atom stereocenters. The minimum atomic E-state index is -4.91. The van der Waals surface area contributed by atoms with E-state index in [1.165, 1.54) is 29.7 Å². The van der Waals surface area contributed by atoms with Gasteiger partial charge in [-0.1, -0.05) is 23.5 Å². The van der Waals surface area contributed by atoms with E-state index in [0.717, 1.165) is 24.3 Å². The molecule has 0 bridgehead atoms. The highest BCUT2D eigenvalue weighted by Crippen LogP contribution is 2.45. The highest BCUT2D eigenvalue weighted by molar-refractivity contribution is 7.92. The highest BCUT2D eigenvalue weighted by atomic mass is 32.2. The number of thiazole rings is 1. The van der Waals surface area contributed by atoms with Gasteiger partial charge in [-0.2, -0.15) is 0 Å². The molecule has 4 aromatic rings. The third-order valence-corrected chi connectivity index (χ3v) is 14.1. The summed E-state index contributed by atoms with van der Waals surface area (Å²) in [6.45, 7) is 4.89. The molecule has 19 heteroatoms. The van der Waals surface area contributed by atoms with Crippen LogP contribution >= 0.6 is 11.3 Å². The number of benzene rings is 2. The van der Waals surface area contributed by atoms with Crippen molar-refractivity contribution in [3.63, 3.8) is 0 Å². The lowest BCUT2D eigenvalue weighted by atomic mass is 9.85. The SMILES string of the molecule is C[C@@H]1CN(C2CC(F)(F)C2)C[C@@H](C)N1c1nc(-c2cccc(NS(=O)(=O)c3c(F)cccc3F)c2F)c(-c2ccnc(NC3CCS(=O)(=O)CC3)n2)s1. The lowest BCUT2D eigenvalue weighted by Gasteiger charge is -2.50. The maximum Gasteiger partial charge on any atom is 0.267 e. The summed E-state index contributed by atoms with van der Waals surface area (Å²) in [7, 11) is -8.02. The van der Waals surface area contributed by atoms with Crippen molar-refractivity contribution in [3.8, 4) is 21.8 Å². The van der Waals surface area contributed by atoms with Crippen LogP contribution in [-0.4, -0.2) is 91.4 Å². The summed E-state index contributed by atoms with van der Waals surface area (Å²) >= 11 is 1.21. The maximum absolute atomic E-state index is 16.5. The summed E-state index contributed by atoms with van der Waals surface area (Å²) < 4.78 is 125. The Labute approximate surface area is 307 Å². The van der Waals surface area contributed by atoms with Crippen LogP contribution in [0.25, 0.3) is 21.8 Å². The van der Waals surface area contributed by atoms with Crippen molar-refractivity contribution in [1.82, 2.24) is 19.9 Å². The average molecular weight is 798 g/mol. The van der Waals surface area contributed by atoms with Gasteiger partial charge in [0.25, 0.3) is 15.9 Å². The molecule has 3 fully saturated rings. The van der Waals surface area contributed by atoms with Crippen molar-refractivity contribution in [2.45, 2.75) is 74.5 Å². The van der Waals surface area contributed by atoms with Gasteiger partial charge in [-0.05, 0) is 57.0 Å². The topological polar surface area (TPSA) is 137 Å². The van der Waals surface area contributed by atoms with Crippen molar-refractivity contribution >= 4 is 48.0 Å². The second-order valence-electron chi connectivity index (χ2n) is 13.8. The number of halogens is 5. The fraction of sp³-hybridized carbons (Fsp3) is 0.441. The second kappa shape index (κ2) is 14.0. The van der Waals surface area contributed by atoms with E-state index >= 15 is 4.39 Å². The van der Waals surface area contributed by atoms with Gasteiger partial charge in [-0.25, -0.2) is 53.7 Å². The molecule has 0 radical (unpaired) electrons. The zero-order valence-corrected chi connectivity index (χ0v) is 31.0. The van der Waals surface area contributed by atoms with Gasteiger partial charge >= 0.3 is 0 Å². The van der Waals surface area contributed by atoms with E-state index in [0.29, 0.717) is 41.6 Å². The quantitative estimate of drug-likeness (QED) is 0.189. The van der Waals surface area contributed by atoms with E-state index in [1.807, 2.05) is 23.5 Å². The molecule has 11 nitrogen and oxygen atoms in total. The first kappa shape index (κ1) is 37.4. The average Bonchev–Trinajstić information content (AvgIpc) is 3.49. The molecule has 0 spiro atoms. The third-order valence-electron chi connectivity index (χ3n) is 9.83. The van der Waals surface area contributed by atoms with Gasteiger partial charge in [-0.3, -0.25) is 9.62 Å². The fourth-order valence-corrected chi connectivity index (χ4v) is 11.1. The van der Waals surface area contributed by atoms with Crippen LogP contribution < -0.4 is 14.9 Å². The van der Waals surface area contributed by atoms with Crippen LogP contribution in [0.1, 0.15) is 39.5 Å². The van der Waals surface area contributed by atoms with E-state index in [4.69, 9.17) is 4.98 Å². The minimum Gasteiger partial charge on any atom is -0.351 e. The van der Waals surface area contributed by atoms with E-state index < -0.39 is 53.8 Å². The molecule has 7 rings (SSSR count). The number of hydrogen-bond acceptors (Lipinski definition) is 11. The zero-order chi connectivity index (χ0) is 37.9. The lowest BCUT2D eigenvalue weighted by Crippen LogP contribution is -2.62. The first-order chi connectivity index (χ1) is 25.0. The van der Waals surface area contributed by atoms with Gasteiger partial charge in [0.1, 0.15) is 21.5 Å². The number of rotatable bonds is 9. The number of anilines is 3. The van der Waals surface area contributed by atoms with Crippen molar-refractivity contribution in [2.24, 2.45) is 0 Å². The monoisotopic (exact) mass is 797 g/mol. The van der Waals surface area contributed by atoms with Crippen molar-refractivity contribution < 1.29 is 38.8 Å². The second-order valence-corrected chi connectivity index (χ2v) is 18.7. The molecular formula is C34H36F5N7O4S3. The summed E-state index contributed by atoms with van der Waals surface area (Å²) in [5.74, 6) is -6.14. The summed E-state index contributed by atoms with van der Waals surface area (Å²) in [5.41, 5.74) is -0.248. The summed E-state index contributed by atoms with van der Waals surface area (Å²) in [4.78, 5) is 17.1. The Hall–Kier alpha value is -3.94. The Morgan fingerprint density at radius 3 is 2.21 bits per heavy atom. The van der Waals surface area contributed by atoms with Crippen LogP contribution in [0.5, 0.6) is 0 Å². The van der Waals surface area contributed by atoms with Gasteiger partial charge < -0.3 is 10.2 Å². The molecule has 1 aliphatic carbocycles. The molecule has 3 aliphatic rings. The number of hydrogen-bond donors (Lipinski definition) is 2. The van der Waals surface area contributed by atoms with Crippen LogP contribution in [0, 0.1) is 17.5 Å². The largest absolute Gasteiger partial charge is 0.351 e. The Kier molecular flexibility index (Phi) is 9.90. The maximum atomic E-state index is 16.5. The van der Waals surface area contributed by atoms with Gasteiger partial charge in [0.2, 0.25) is 5.95 Å². The molecule has 53 heavy (non-hydrogen) atoms. The Balaban J connectivity index is 1.26. The summed E-state index contributed by atoms with van der Waals surface area (Å²) in [5, 5.41) is 3.68. The Morgan fingerprint density at radius 1 is 0.925 bits per heavy atom. The van der Waals surface area contributed by atoms with Crippen molar-refractivity contribution in [3.05, 3.63) is 66.1 Å². The molecule has 2 N–H and O–H groups in total. The Morgan fingerprint density at radius 2 is 1.57 bits per heavy atom. The number of sulfonamides is 1. The van der Waals surface area contributed by atoms with E-state index in [2.05, 4.69) is 20.2 Å². The van der Waals surface area contributed by atoms with Gasteiger partial charge in [-0.15, -0.1) is 0 Å². The molecule has 2 saturated heterocycles. The predicted octanol–water partition coefficient (Wildman–Crippen LogP) is 6.17. The van der Waals surface area contributed by atoms with E-state index in [9.17, 15) is 34.4 Å². The number of aromatic nitrogens is 3. The number of sulfone groups is 1. The fourth-order valence-electron chi connectivity index (χ4n) is 7.20. The molecule has 4 heterocycles. The molecule has 1 saturated carbocycles. The number of nitrogens with one attached hydrogen (secondary N) is 2. The molecule has 2 atom stereocenters. The molecule has 284 valence electrons. The van der Waals surface area contributed by atoms with Crippen molar-refractivity contribution in [1.29, 1.82) is 0 Å². The highest BCUT2D eigenvalue weighted by Gasteiger charge is 2.49. The predicted molar refractivity (Wildman–Crippen MR) is 192 cm³/mol. The van der Waals surface area contributed by atoms with Gasteiger partial charge in [0.05, 0.1) is 33.5 Å². The van der Waals surface area contributed by atoms with E-state index in [1.54, 1.807) is 6.07 Å². The first-order valence-electron chi connectivity index (χ1n) is 17.0. The lowest BCUT2D eigenvalue weighted by molar-refractivity contribution is -0.128. The molecule has 0 amide bonds. The first-order valence-corrected chi connectivity index (χ1v) is 21.1. The number of alkyl halides is 2. The van der Waals surface area contributed by atoms with Gasteiger partial charge in [0.15, 0.2) is 15.8 Å². The zero-order valence-electron chi connectivity index (χ0n) is 28.6. The number of nitrogens with zero attached hydrogens (tertiary/aromatic N) is 5. The van der Waals surface area contributed by atoms with Crippen molar-refractivity contribution in [2.75, 3.05) is 39.5 Å². The summed E-state index contributed by atoms with van der Waals surface area (Å²) in [6.07, 6.45) is 1.85. The standard InChI is InChI=1S/C34H36F5N7O4S3/c1-19-17-45(22-15-34(38,39)16-22)18-20(2)46(19)33-43-29(30(51-33)27-9-12-40-32(42-27)41-21-10-13-52(47,48)14-11-21)23-5-3-8-26(28(23)37)44-53(49,50)31-24(35)6-4-7-25(31)36/h3-9,12,19-22,44H,10-11,13-18H2,1-2H3,(H,40,41,42)/t19-,20-/m1/s1. The van der Waals surface area contributed by atoms with Crippen LogP contribution in [0.3, 0.4) is 0 Å². The van der Waals surface area contributed by atoms with E-state index in [-0.39, 0.29) is 65.7 Å². The third kappa shape index (κ3) is 7.70.